The second-order valence-corrected chi connectivity index (χ2v) is 7.90. The lowest BCUT2D eigenvalue weighted by molar-refractivity contribution is -0.137. The lowest BCUT2D eigenvalue weighted by Gasteiger charge is -2.13. The number of aromatic nitrogens is 5. The summed E-state index contributed by atoms with van der Waals surface area (Å²) in [5.41, 5.74) is 0.110. The summed E-state index contributed by atoms with van der Waals surface area (Å²) in [4.78, 5) is 32.6. The molecule has 0 saturated heterocycles. The molecule has 9 nitrogen and oxygen atoms in total. The number of halogens is 4. The van der Waals surface area contributed by atoms with Crippen molar-refractivity contribution in [3.63, 3.8) is 0 Å². The van der Waals surface area contributed by atoms with Crippen molar-refractivity contribution in [2.45, 2.75) is 6.18 Å². The van der Waals surface area contributed by atoms with E-state index in [-0.39, 0.29) is 11.3 Å². The van der Waals surface area contributed by atoms with Crippen LogP contribution in [0, 0.1) is 17.1 Å². The molecule has 0 unspecified atom stereocenters. The van der Waals surface area contributed by atoms with Gasteiger partial charge >= 0.3 is 6.18 Å². The van der Waals surface area contributed by atoms with Crippen LogP contribution < -0.4 is 10.6 Å². The second-order valence-electron chi connectivity index (χ2n) is 7.90. The van der Waals surface area contributed by atoms with Crippen molar-refractivity contribution in [1.29, 1.82) is 5.26 Å². The molecule has 188 valence electrons. The Balaban J connectivity index is 1.45. The third-order valence-electron chi connectivity index (χ3n) is 5.41. The second kappa shape index (κ2) is 9.58. The highest BCUT2D eigenvalue weighted by molar-refractivity contribution is 6.05. The highest BCUT2D eigenvalue weighted by atomic mass is 19.4. The Morgan fingerprint density at radius 2 is 1.87 bits per heavy atom. The quantitative estimate of drug-likeness (QED) is 0.264. The maximum absolute atomic E-state index is 14.6. The van der Waals surface area contributed by atoms with Gasteiger partial charge in [0.15, 0.2) is 5.65 Å². The van der Waals surface area contributed by atoms with Gasteiger partial charge in [-0.3, -0.25) is 4.79 Å². The highest BCUT2D eigenvalue weighted by Crippen LogP contribution is 2.33. The molecule has 5 rings (SSSR count). The van der Waals surface area contributed by atoms with Crippen molar-refractivity contribution in [1.82, 2.24) is 24.9 Å². The molecule has 1 amide bonds. The number of nitrogens with zero attached hydrogens (tertiary/aromatic N) is 5. The lowest BCUT2D eigenvalue weighted by Crippen LogP contribution is -2.15. The van der Waals surface area contributed by atoms with Gasteiger partial charge in [0.25, 0.3) is 5.91 Å². The molecule has 0 aliphatic heterocycles. The third-order valence-corrected chi connectivity index (χ3v) is 5.41. The number of pyridine rings is 1. The van der Waals surface area contributed by atoms with Crippen LogP contribution in [0.3, 0.4) is 0 Å². The van der Waals surface area contributed by atoms with Gasteiger partial charge < -0.3 is 15.6 Å². The summed E-state index contributed by atoms with van der Waals surface area (Å²) < 4.78 is 54.1. The molecular formula is C25H14F4N8O. The number of fused-ring (bicyclic) bond motifs is 1. The number of anilines is 3. The zero-order chi connectivity index (χ0) is 26.9. The van der Waals surface area contributed by atoms with Gasteiger partial charge in [-0.25, -0.2) is 24.3 Å². The number of rotatable bonds is 5. The molecule has 0 bridgehead atoms. The maximum atomic E-state index is 14.6. The Bertz CT molecular complexity index is 1730. The van der Waals surface area contributed by atoms with E-state index >= 15 is 0 Å². The molecule has 0 aliphatic carbocycles. The average Bonchev–Trinajstić information content (AvgIpc) is 3.39. The van der Waals surface area contributed by atoms with E-state index in [1.807, 2.05) is 0 Å². The first kappa shape index (κ1) is 24.3. The summed E-state index contributed by atoms with van der Waals surface area (Å²) in [6.07, 6.45) is -0.404. The molecule has 38 heavy (non-hydrogen) atoms. The number of nitrogens with one attached hydrogen (secondary N) is 3. The van der Waals surface area contributed by atoms with Crippen LogP contribution in [0.25, 0.3) is 22.4 Å². The van der Waals surface area contributed by atoms with E-state index in [4.69, 9.17) is 5.26 Å². The molecule has 0 spiro atoms. The first-order valence-corrected chi connectivity index (χ1v) is 10.8. The van der Waals surface area contributed by atoms with Gasteiger partial charge in [-0.05, 0) is 48.5 Å². The average molecular weight is 518 g/mol. The van der Waals surface area contributed by atoms with Crippen molar-refractivity contribution in [2.24, 2.45) is 0 Å². The largest absolute Gasteiger partial charge is 0.416 e. The van der Waals surface area contributed by atoms with Gasteiger partial charge in [0.2, 0.25) is 0 Å². The normalized spacial score (nSPS) is 11.2. The SMILES string of the molecule is N#Cc1cc(C(=O)Nc2cc(Nc3ncccc3-c3ncnc4[nH]cnc34)ccc2F)cc(C(F)(F)F)c1. The number of carbonyl (C=O) groups is 1. The smallest absolute Gasteiger partial charge is 0.340 e. The van der Waals surface area contributed by atoms with E-state index in [1.165, 1.54) is 31.0 Å². The molecule has 3 aromatic heterocycles. The Hall–Kier alpha value is -5.38. The maximum Gasteiger partial charge on any atom is 0.416 e. The number of carbonyl (C=O) groups excluding carboxylic acids is 1. The standard InChI is InChI=1S/C25H14F4N8O/c26-18-4-3-16(9-19(18)37-24(38)14-6-13(10-30)7-15(8-14)25(27,28)29)36-22-17(2-1-5-31-22)20-21-23(34-11-32-20)35-12-33-21/h1-9,11-12H,(H,31,36)(H,37,38)(H,32,33,34,35). The zero-order valence-electron chi connectivity index (χ0n) is 19.0. The minimum atomic E-state index is -4.78. The molecule has 13 heteroatoms. The number of hydrogen-bond donors (Lipinski definition) is 3. The Morgan fingerprint density at radius 1 is 1.03 bits per heavy atom. The number of amides is 1. The van der Waals surface area contributed by atoms with E-state index in [0.29, 0.717) is 46.1 Å². The molecule has 3 heterocycles. The van der Waals surface area contributed by atoms with Crippen molar-refractivity contribution in [3.8, 4) is 17.3 Å². The summed E-state index contributed by atoms with van der Waals surface area (Å²) in [6.45, 7) is 0. The van der Waals surface area contributed by atoms with Crippen LogP contribution in [0.4, 0.5) is 34.8 Å². The van der Waals surface area contributed by atoms with Crippen LogP contribution >= 0.6 is 0 Å². The van der Waals surface area contributed by atoms with Crippen molar-refractivity contribution >= 4 is 34.3 Å². The zero-order valence-corrected chi connectivity index (χ0v) is 19.0. The molecule has 2 aromatic carbocycles. The number of alkyl halides is 3. The fraction of sp³-hybridized carbons (Fsp3) is 0.0400. The molecule has 0 fully saturated rings. The molecular weight excluding hydrogens is 504 g/mol. The topological polar surface area (TPSA) is 132 Å². The van der Waals surface area contributed by atoms with Crippen LogP contribution in [0.2, 0.25) is 0 Å². The van der Waals surface area contributed by atoms with Gasteiger partial charge in [0, 0.05) is 23.0 Å². The minimum Gasteiger partial charge on any atom is -0.340 e. The molecule has 3 N–H and O–H groups in total. The highest BCUT2D eigenvalue weighted by Gasteiger charge is 2.32. The van der Waals surface area contributed by atoms with Crippen LogP contribution in [0.5, 0.6) is 0 Å². The summed E-state index contributed by atoms with van der Waals surface area (Å²) in [6, 6.07) is 11.0. The number of H-pyrrole nitrogens is 1. The summed E-state index contributed by atoms with van der Waals surface area (Å²) in [5.74, 6) is -1.51. The van der Waals surface area contributed by atoms with Crippen LogP contribution in [-0.2, 0) is 6.18 Å². The molecule has 0 aliphatic rings. The number of imidazole rings is 1. The van der Waals surface area contributed by atoms with Gasteiger partial charge in [-0.15, -0.1) is 0 Å². The molecule has 0 radical (unpaired) electrons. The number of benzene rings is 2. The Labute approximate surface area is 211 Å². The molecule has 5 aromatic rings. The van der Waals surface area contributed by atoms with Gasteiger partial charge in [0.05, 0.1) is 29.2 Å². The van der Waals surface area contributed by atoms with Crippen LogP contribution in [0.15, 0.2) is 67.4 Å². The summed E-state index contributed by atoms with van der Waals surface area (Å²) >= 11 is 0. The minimum absolute atomic E-state index is 0.301. The fourth-order valence-corrected chi connectivity index (χ4v) is 3.67. The molecule has 0 atom stereocenters. The van der Waals surface area contributed by atoms with E-state index < -0.39 is 29.0 Å². The molecule has 0 saturated carbocycles. The Morgan fingerprint density at radius 3 is 2.66 bits per heavy atom. The monoisotopic (exact) mass is 518 g/mol. The van der Waals surface area contributed by atoms with Gasteiger partial charge in [0.1, 0.15) is 29.2 Å². The number of hydrogen-bond acceptors (Lipinski definition) is 7. The van der Waals surface area contributed by atoms with E-state index in [2.05, 4.69) is 35.6 Å². The van der Waals surface area contributed by atoms with Gasteiger partial charge in [-0.1, -0.05) is 0 Å². The fourth-order valence-electron chi connectivity index (χ4n) is 3.67. The lowest BCUT2D eigenvalue weighted by atomic mass is 10.1. The van der Waals surface area contributed by atoms with E-state index in [1.54, 1.807) is 18.2 Å². The van der Waals surface area contributed by atoms with Crippen molar-refractivity contribution in [2.75, 3.05) is 10.6 Å². The Kier molecular flexibility index (Phi) is 6.13. The van der Waals surface area contributed by atoms with Crippen LogP contribution in [0.1, 0.15) is 21.5 Å². The number of aromatic amines is 1. The summed E-state index contributed by atoms with van der Waals surface area (Å²) in [5, 5.41) is 14.4. The van der Waals surface area contributed by atoms with E-state index in [9.17, 15) is 22.4 Å². The first-order chi connectivity index (χ1) is 18.2. The van der Waals surface area contributed by atoms with Crippen LogP contribution in [-0.4, -0.2) is 30.8 Å². The summed E-state index contributed by atoms with van der Waals surface area (Å²) in [7, 11) is 0. The number of nitriles is 1. The predicted octanol–water partition coefficient (Wildman–Crippen LogP) is 5.44. The first-order valence-electron chi connectivity index (χ1n) is 10.8. The van der Waals surface area contributed by atoms with E-state index in [0.717, 1.165) is 12.1 Å². The third kappa shape index (κ3) is 4.82. The van der Waals surface area contributed by atoms with Crippen molar-refractivity contribution in [3.05, 3.63) is 89.9 Å². The predicted molar refractivity (Wildman–Crippen MR) is 129 cm³/mol. The van der Waals surface area contributed by atoms with Crippen molar-refractivity contribution < 1.29 is 22.4 Å². The van der Waals surface area contributed by atoms with Gasteiger partial charge in [-0.2, -0.15) is 18.4 Å².